The largest absolute Gasteiger partial charge is 0.347 e. The molecule has 0 radical (unpaired) electrons. The van der Waals surface area contributed by atoms with Gasteiger partial charge in [-0.05, 0) is 38.0 Å². The Morgan fingerprint density at radius 3 is 2.38 bits per heavy atom. The number of rotatable bonds is 10. The SMILES string of the molecule is CCN(CC)CCNC(=O)C(=O)N[C@@H](C)[C@H](c1cccs1)N1CCN(CC)CC1. The Kier molecular flexibility index (Phi) is 10.1. The summed E-state index contributed by atoms with van der Waals surface area (Å²) in [5, 5.41) is 7.76. The minimum atomic E-state index is -0.551. The maximum absolute atomic E-state index is 12.5. The lowest BCUT2D eigenvalue weighted by Gasteiger charge is -2.41. The van der Waals surface area contributed by atoms with Gasteiger partial charge in [-0.1, -0.05) is 26.8 Å². The molecule has 2 heterocycles. The first-order valence-electron chi connectivity index (χ1n) is 10.8. The highest BCUT2D eigenvalue weighted by Gasteiger charge is 2.31. The first-order chi connectivity index (χ1) is 14.0. The van der Waals surface area contributed by atoms with Crippen molar-refractivity contribution in [3.05, 3.63) is 22.4 Å². The van der Waals surface area contributed by atoms with E-state index in [2.05, 4.69) is 57.6 Å². The third kappa shape index (κ3) is 7.06. The van der Waals surface area contributed by atoms with E-state index in [4.69, 9.17) is 0 Å². The average molecular weight is 424 g/mol. The molecule has 0 aliphatic carbocycles. The Morgan fingerprint density at radius 2 is 1.83 bits per heavy atom. The molecule has 2 N–H and O–H groups in total. The van der Waals surface area contributed by atoms with Crippen LogP contribution in [-0.2, 0) is 9.59 Å². The summed E-state index contributed by atoms with van der Waals surface area (Å²) < 4.78 is 0. The van der Waals surface area contributed by atoms with Crippen molar-refractivity contribution in [1.29, 1.82) is 0 Å². The van der Waals surface area contributed by atoms with E-state index in [0.29, 0.717) is 6.54 Å². The lowest BCUT2D eigenvalue weighted by molar-refractivity contribution is -0.139. The molecule has 2 rings (SSSR count). The average Bonchev–Trinajstić information content (AvgIpc) is 3.26. The number of amides is 2. The van der Waals surface area contributed by atoms with Crippen molar-refractivity contribution in [3.8, 4) is 0 Å². The quantitative estimate of drug-likeness (QED) is 0.557. The first kappa shape index (κ1) is 23.8. The fraction of sp³-hybridized carbons (Fsp3) is 0.714. The van der Waals surface area contributed by atoms with Crippen LogP contribution in [0.2, 0.25) is 0 Å². The summed E-state index contributed by atoms with van der Waals surface area (Å²) in [6.45, 7) is 16.5. The number of hydrogen-bond acceptors (Lipinski definition) is 6. The monoisotopic (exact) mass is 423 g/mol. The molecule has 2 amide bonds. The van der Waals surface area contributed by atoms with Gasteiger partial charge in [-0.15, -0.1) is 11.3 Å². The number of hydrogen-bond donors (Lipinski definition) is 2. The fourth-order valence-electron chi connectivity index (χ4n) is 3.86. The van der Waals surface area contributed by atoms with Crippen LogP contribution in [0.15, 0.2) is 17.5 Å². The second-order valence-corrected chi connectivity index (χ2v) is 8.45. The van der Waals surface area contributed by atoms with Crippen LogP contribution in [0.25, 0.3) is 0 Å². The summed E-state index contributed by atoms with van der Waals surface area (Å²) in [6.07, 6.45) is 0. The van der Waals surface area contributed by atoms with Crippen LogP contribution < -0.4 is 10.6 Å². The molecule has 2 atom stereocenters. The number of carbonyl (C=O) groups excluding carboxylic acids is 2. The van der Waals surface area contributed by atoms with Crippen LogP contribution >= 0.6 is 11.3 Å². The summed E-state index contributed by atoms with van der Waals surface area (Å²) in [6, 6.07) is 4.10. The smallest absolute Gasteiger partial charge is 0.309 e. The summed E-state index contributed by atoms with van der Waals surface area (Å²) in [4.78, 5) is 33.0. The molecule has 8 heteroatoms. The normalized spacial score (nSPS) is 17.8. The van der Waals surface area contributed by atoms with Gasteiger partial charge in [0.05, 0.1) is 6.04 Å². The van der Waals surface area contributed by atoms with Crippen LogP contribution in [0.4, 0.5) is 0 Å². The van der Waals surface area contributed by atoms with E-state index >= 15 is 0 Å². The van der Waals surface area contributed by atoms with Crippen LogP contribution in [0.1, 0.15) is 38.6 Å². The van der Waals surface area contributed by atoms with Crippen LogP contribution in [0, 0.1) is 0 Å². The van der Waals surface area contributed by atoms with Gasteiger partial charge < -0.3 is 20.4 Å². The molecule has 7 nitrogen and oxygen atoms in total. The van der Waals surface area contributed by atoms with E-state index in [9.17, 15) is 9.59 Å². The minimum Gasteiger partial charge on any atom is -0.347 e. The molecule has 164 valence electrons. The standard InChI is InChI=1S/C21H37N5O2S/c1-5-24(6-2)11-10-22-20(27)21(28)23-17(4)19(18-9-8-16-29-18)26-14-12-25(7-3)13-15-26/h8-9,16-17,19H,5-7,10-15H2,1-4H3,(H,22,27)(H,23,28)/t17-,19+/m0/s1. The number of likely N-dealkylation sites (N-methyl/N-ethyl adjacent to an activating group) is 2. The third-order valence-electron chi connectivity index (χ3n) is 5.73. The third-order valence-corrected chi connectivity index (χ3v) is 6.67. The van der Waals surface area contributed by atoms with Crippen molar-refractivity contribution in [2.75, 3.05) is 58.9 Å². The maximum Gasteiger partial charge on any atom is 0.309 e. The van der Waals surface area contributed by atoms with Gasteiger partial charge in [0.15, 0.2) is 0 Å². The Balaban J connectivity index is 1.92. The summed E-state index contributed by atoms with van der Waals surface area (Å²) in [5.41, 5.74) is 0. The van der Waals surface area contributed by atoms with E-state index in [1.54, 1.807) is 11.3 Å². The lowest BCUT2D eigenvalue weighted by atomic mass is 10.0. The highest BCUT2D eigenvalue weighted by molar-refractivity contribution is 7.10. The zero-order chi connectivity index (χ0) is 21.2. The number of carbonyl (C=O) groups is 2. The number of nitrogens with one attached hydrogen (secondary N) is 2. The molecular weight excluding hydrogens is 386 g/mol. The molecule has 0 spiro atoms. The maximum atomic E-state index is 12.5. The summed E-state index contributed by atoms with van der Waals surface area (Å²) in [5.74, 6) is -1.10. The van der Waals surface area contributed by atoms with Gasteiger partial charge in [-0.3, -0.25) is 14.5 Å². The molecule has 1 aliphatic heterocycles. The van der Waals surface area contributed by atoms with Gasteiger partial charge in [-0.2, -0.15) is 0 Å². The van der Waals surface area contributed by atoms with Gasteiger partial charge in [0.1, 0.15) is 0 Å². The van der Waals surface area contributed by atoms with Crippen molar-refractivity contribution in [1.82, 2.24) is 25.3 Å². The molecule has 0 bridgehead atoms. The van der Waals surface area contributed by atoms with E-state index < -0.39 is 11.8 Å². The number of thiophene rings is 1. The molecule has 1 aromatic heterocycles. The van der Waals surface area contributed by atoms with Gasteiger partial charge in [0.25, 0.3) is 0 Å². The molecule has 1 aliphatic rings. The minimum absolute atomic E-state index is 0.0847. The van der Waals surface area contributed by atoms with Crippen LogP contribution in [0.5, 0.6) is 0 Å². The molecular formula is C21H37N5O2S. The highest BCUT2D eigenvalue weighted by atomic mass is 32.1. The zero-order valence-electron chi connectivity index (χ0n) is 18.3. The fourth-order valence-corrected chi connectivity index (χ4v) is 4.82. The second kappa shape index (κ2) is 12.3. The number of piperazine rings is 1. The molecule has 0 aromatic carbocycles. The topological polar surface area (TPSA) is 67.9 Å². The van der Waals surface area contributed by atoms with Crippen molar-refractivity contribution >= 4 is 23.2 Å². The summed E-state index contributed by atoms with van der Waals surface area (Å²) in [7, 11) is 0. The predicted molar refractivity (Wildman–Crippen MR) is 119 cm³/mol. The van der Waals surface area contributed by atoms with Crippen LogP contribution in [0.3, 0.4) is 0 Å². The Morgan fingerprint density at radius 1 is 1.14 bits per heavy atom. The second-order valence-electron chi connectivity index (χ2n) is 7.48. The Hall–Kier alpha value is -1.48. The van der Waals surface area contributed by atoms with Crippen molar-refractivity contribution in [3.63, 3.8) is 0 Å². The molecule has 1 fully saturated rings. The van der Waals surface area contributed by atoms with Gasteiger partial charge in [0.2, 0.25) is 0 Å². The molecule has 29 heavy (non-hydrogen) atoms. The van der Waals surface area contributed by atoms with E-state index in [0.717, 1.165) is 52.4 Å². The molecule has 0 saturated carbocycles. The van der Waals surface area contributed by atoms with E-state index in [1.165, 1.54) is 4.88 Å². The highest BCUT2D eigenvalue weighted by Crippen LogP contribution is 2.29. The van der Waals surface area contributed by atoms with Gasteiger partial charge >= 0.3 is 11.8 Å². The van der Waals surface area contributed by atoms with Crippen molar-refractivity contribution in [2.45, 2.75) is 39.8 Å². The van der Waals surface area contributed by atoms with E-state index in [1.807, 2.05) is 13.0 Å². The molecule has 1 saturated heterocycles. The van der Waals surface area contributed by atoms with Crippen molar-refractivity contribution in [2.24, 2.45) is 0 Å². The Labute approximate surface area is 179 Å². The van der Waals surface area contributed by atoms with E-state index in [-0.39, 0.29) is 12.1 Å². The zero-order valence-corrected chi connectivity index (χ0v) is 19.1. The Bertz CT molecular complexity index is 613. The molecule has 0 unspecified atom stereocenters. The van der Waals surface area contributed by atoms with Crippen LogP contribution in [-0.4, -0.2) is 91.5 Å². The van der Waals surface area contributed by atoms with Gasteiger partial charge in [-0.25, -0.2) is 0 Å². The summed E-state index contributed by atoms with van der Waals surface area (Å²) >= 11 is 1.70. The van der Waals surface area contributed by atoms with Crippen molar-refractivity contribution < 1.29 is 9.59 Å². The number of nitrogens with zero attached hydrogens (tertiary/aromatic N) is 3. The molecule has 1 aromatic rings. The van der Waals surface area contributed by atoms with Gasteiger partial charge in [0, 0.05) is 50.2 Å². The lowest BCUT2D eigenvalue weighted by Crippen LogP contribution is -2.53. The first-order valence-corrected chi connectivity index (χ1v) is 11.7. The predicted octanol–water partition coefficient (Wildman–Crippen LogP) is 1.39.